The Kier molecular flexibility index (Phi) is 2.71. The maximum absolute atomic E-state index is 11.3. The van der Waals surface area contributed by atoms with E-state index in [2.05, 4.69) is 0 Å². The largest absolute Gasteiger partial charge is 0.388 e. The van der Waals surface area contributed by atoms with Gasteiger partial charge in [-0.05, 0) is 11.8 Å². The molecule has 1 rings (SSSR count). The van der Waals surface area contributed by atoms with Crippen molar-refractivity contribution in [3.63, 3.8) is 0 Å². The summed E-state index contributed by atoms with van der Waals surface area (Å²) in [7, 11) is -3.16. The van der Waals surface area contributed by atoms with E-state index in [-0.39, 0.29) is 12.0 Å². The molecule has 1 unspecified atom stereocenters. The fourth-order valence-electron chi connectivity index (χ4n) is 1.65. The van der Waals surface area contributed by atoms with E-state index in [4.69, 9.17) is 0 Å². The predicted octanol–water partition coefficient (Wildman–Crippen LogP) is 0.429. The van der Waals surface area contributed by atoms with Crippen LogP contribution in [0.1, 0.15) is 27.2 Å². The van der Waals surface area contributed by atoms with Crippen molar-refractivity contribution in [2.24, 2.45) is 5.41 Å². The van der Waals surface area contributed by atoms with Crippen molar-refractivity contribution in [3.8, 4) is 0 Å². The Bertz CT molecular complexity index is 317. The maximum Gasteiger partial charge on any atom is 0.211 e. The molecule has 1 atom stereocenters. The van der Waals surface area contributed by atoms with Crippen LogP contribution in [-0.2, 0) is 10.0 Å². The number of nitrogens with zero attached hydrogens (tertiary/aromatic N) is 1. The summed E-state index contributed by atoms with van der Waals surface area (Å²) in [5.74, 6) is 0. The molecule has 0 aromatic heterocycles. The molecule has 4 nitrogen and oxygen atoms in total. The molecule has 1 saturated heterocycles. The third-order valence-corrected chi connectivity index (χ3v) is 4.33. The molecule has 1 aliphatic rings. The van der Waals surface area contributed by atoms with Crippen molar-refractivity contribution < 1.29 is 13.5 Å². The smallest absolute Gasteiger partial charge is 0.211 e. The summed E-state index contributed by atoms with van der Waals surface area (Å²) in [6, 6.07) is 0. The predicted molar refractivity (Wildman–Crippen MR) is 55.4 cm³/mol. The van der Waals surface area contributed by atoms with Crippen molar-refractivity contribution in [3.05, 3.63) is 0 Å². The Morgan fingerprint density at radius 2 is 1.86 bits per heavy atom. The number of sulfonamides is 1. The average molecular weight is 221 g/mol. The quantitative estimate of drug-likeness (QED) is 0.698. The normalized spacial score (nSPS) is 30.9. The van der Waals surface area contributed by atoms with Crippen molar-refractivity contribution in [1.29, 1.82) is 0 Å². The molecule has 1 fully saturated rings. The second kappa shape index (κ2) is 3.18. The fraction of sp³-hybridized carbons (Fsp3) is 1.00. The molecule has 1 aliphatic heterocycles. The zero-order chi connectivity index (χ0) is 11.2. The molecule has 0 spiro atoms. The van der Waals surface area contributed by atoms with Gasteiger partial charge in [0.2, 0.25) is 10.0 Å². The fourth-order valence-corrected chi connectivity index (χ4v) is 2.53. The lowest BCUT2D eigenvalue weighted by Crippen LogP contribution is -2.45. The minimum Gasteiger partial charge on any atom is -0.388 e. The lowest BCUT2D eigenvalue weighted by Gasteiger charge is -2.36. The Morgan fingerprint density at radius 3 is 2.07 bits per heavy atom. The molecule has 0 aromatic rings. The van der Waals surface area contributed by atoms with E-state index < -0.39 is 15.6 Å². The maximum atomic E-state index is 11.3. The Hall–Kier alpha value is -0.130. The van der Waals surface area contributed by atoms with Gasteiger partial charge in [0, 0.05) is 13.1 Å². The van der Waals surface area contributed by atoms with Crippen molar-refractivity contribution in [2.75, 3.05) is 19.3 Å². The number of β-amino-alcohol motifs (C(OH)–C–C–N with tert-alkyl or cyclic N) is 1. The van der Waals surface area contributed by atoms with E-state index in [1.807, 2.05) is 20.8 Å². The van der Waals surface area contributed by atoms with Crippen LogP contribution in [0.4, 0.5) is 0 Å². The lowest BCUT2D eigenvalue weighted by atomic mass is 9.76. The summed E-state index contributed by atoms with van der Waals surface area (Å²) in [4.78, 5) is 0. The second-order valence-corrected chi connectivity index (χ2v) is 7.11. The molecular weight excluding hydrogens is 202 g/mol. The van der Waals surface area contributed by atoms with Crippen LogP contribution < -0.4 is 0 Å². The van der Waals surface area contributed by atoms with Crippen LogP contribution in [-0.4, -0.2) is 42.8 Å². The van der Waals surface area contributed by atoms with E-state index >= 15 is 0 Å². The summed E-state index contributed by atoms with van der Waals surface area (Å²) in [6.07, 6.45) is 1.70. The minimum atomic E-state index is -3.16. The van der Waals surface area contributed by atoms with Crippen LogP contribution in [0.3, 0.4) is 0 Å². The Labute approximate surface area is 86.0 Å². The van der Waals surface area contributed by atoms with Crippen molar-refractivity contribution in [1.82, 2.24) is 4.31 Å². The summed E-state index contributed by atoms with van der Waals surface area (Å²) in [5.41, 5.74) is -1.18. The monoisotopic (exact) mass is 221 g/mol. The Morgan fingerprint density at radius 1 is 1.36 bits per heavy atom. The number of rotatable bonds is 1. The van der Waals surface area contributed by atoms with E-state index in [0.717, 1.165) is 0 Å². The molecule has 84 valence electrons. The summed E-state index contributed by atoms with van der Waals surface area (Å²) >= 11 is 0. The van der Waals surface area contributed by atoms with Crippen LogP contribution in [0.2, 0.25) is 0 Å². The van der Waals surface area contributed by atoms with Gasteiger partial charge in [0.25, 0.3) is 0 Å². The highest BCUT2D eigenvalue weighted by atomic mass is 32.2. The highest BCUT2D eigenvalue weighted by Gasteiger charge is 2.47. The first-order valence-corrected chi connectivity index (χ1v) is 6.59. The van der Waals surface area contributed by atoms with Crippen molar-refractivity contribution >= 4 is 10.0 Å². The summed E-state index contributed by atoms with van der Waals surface area (Å²) < 4.78 is 23.9. The van der Waals surface area contributed by atoms with Gasteiger partial charge >= 0.3 is 0 Å². The van der Waals surface area contributed by atoms with Gasteiger partial charge in [-0.1, -0.05) is 20.8 Å². The molecule has 5 heteroatoms. The van der Waals surface area contributed by atoms with Crippen molar-refractivity contribution in [2.45, 2.75) is 32.8 Å². The van der Waals surface area contributed by atoms with E-state index in [9.17, 15) is 13.5 Å². The molecule has 0 amide bonds. The summed E-state index contributed by atoms with van der Waals surface area (Å²) in [6.45, 7) is 6.43. The molecule has 0 aliphatic carbocycles. The van der Waals surface area contributed by atoms with Crippen LogP contribution in [0.25, 0.3) is 0 Å². The topological polar surface area (TPSA) is 57.6 Å². The number of aliphatic hydroxyl groups is 1. The molecule has 0 bridgehead atoms. The van der Waals surface area contributed by atoms with Gasteiger partial charge in [0.1, 0.15) is 0 Å². The lowest BCUT2D eigenvalue weighted by molar-refractivity contribution is -0.0434. The molecule has 1 N–H and O–H groups in total. The third kappa shape index (κ3) is 2.10. The molecular formula is C9H19NO3S. The van der Waals surface area contributed by atoms with E-state index in [1.165, 1.54) is 10.6 Å². The minimum absolute atomic E-state index is 0.218. The van der Waals surface area contributed by atoms with Crippen LogP contribution in [0, 0.1) is 5.41 Å². The van der Waals surface area contributed by atoms with Crippen LogP contribution >= 0.6 is 0 Å². The SMILES string of the molecule is CC(C)(C)C1(O)CCN(S(C)(=O)=O)C1. The van der Waals surface area contributed by atoms with E-state index in [0.29, 0.717) is 13.0 Å². The van der Waals surface area contributed by atoms with Gasteiger partial charge < -0.3 is 5.11 Å². The molecule has 0 radical (unpaired) electrons. The number of hydrogen-bond acceptors (Lipinski definition) is 3. The van der Waals surface area contributed by atoms with Gasteiger partial charge in [-0.2, -0.15) is 4.31 Å². The van der Waals surface area contributed by atoms with Gasteiger partial charge in [-0.25, -0.2) is 8.42 Å². The zero-order valence-corrected chi connectivity index (χ0v) is 10.1. The second-order valence-electron chi connectivity index (χ2n) is 5.13. The molecule has 0 saturated carbocycles. The molecule has 14 heavy (non-hydrogen) atoms. The summed E-state index contributed by atoms with van der Waals surface area (Å²) in [5, 5.41) is 10.3. The molecule has 1 heterocycles. The average Bonchev–Trinajstić information content (AvgIpc) is 2.29. The van der Waals surface area contributed by atoms with Crippen LogP contribution in [0.15, 0.2) is 0 Å². The van der Waals surface area contributed by atoms with Crippen LogP contribution in [0.5, 0.6) is 0 Å². The first kappa shape index (κ1) is 11.9. The first-order valence-electron chi connectivity index (χ1n) is 4.74. The standard InChI is InChI=1S/C9H19NO3S/c1-8(2,3)9(11)5-6-10(7-9)14(4,12)13/h11H,5-7H2,1-4H3. The highest BCUT2D eigenvalue weighted by Crippen LogP contribution is 2.38. The van der Waals surface area contributed by atoms with Gasteiger partial charge in [0.05, 0.1) is 11.9 Å². The zero-order valence-electron chi connectivity index (χ0n) is 9.24. The highest BCUT2D eigenvalue weighted by molar-refractivity contribution is 7.88. The van der Waals surface area contributed by atoms with E-state index in [1.54, 1.807) is 0 Å². The van der Waals surface area contributed by atoms with Gasteiger partial charge in [-0.3, -0.25) is 0 Å². The van der Waals surface area contributed by atoms with Gasteiger partial charge in [-0.15, -0.1) is 0 Å². The van der Waals surface area contributed by atoms with Gasteiger partial charge in [0.15, 0.2) is 0 Å². The number of hydrogen-bond donors (Lipinski definition) is 1. The Balaban J connectivity index is 2.85. The first-order chi connectivity index (χ1) is 6.06. The third-order valence-electron chi connectivity index (χ3n) is 3.08. The molecule has 0 aromatic carbocycles.